The van der Waals surface area contributed by atoms with Crippen LogP contribution in [0.3, 0.4) is 0 Å². The summed E-state index contributed by atoms with van der Waals surface area (Å²) in [4.78, 5) is 0. The third kappa shape index (κ3) is 1.58. The fourth-order valence-corrected chi connectivity index (χ4v) is 2.44. The molecular weight excluding hydrogens is 232 g/mol. The molecule has 2 rings (SSSR count). The summed E-state index contributed by atoms with van der Waals surface area (Å²) < 4.78 is 25.8. The zero-order valence-corrected chi connectivity index (χ0v) is 8.90. The molecule has 0 atom stereocenters. The monoisotopic (exact) mass is 242 g/mol. The molecule has 0 amide bonds. The number of nitrogens with two attached hydrogens (primary N) is 2. The Bertz CT molecular complexity index is 567. The zero-order valence-electron chi connectivity index (χ0n) is 8.08. The number of hydrogen-bond acceptors (Lipinski definition) is 5. The first kappa shape index (κ1) is 10.4. The number of nitrogen functional groups attached to an aromatic ring is 2. The molecule has 0 unspecified atom stereocenters. The van der Waals surface area contributed by atoms with Gasteiger partial charge in [-0.3, -0.25) is 0 Å². The van der Waals surface area contributed by atoms with Crippen molar-refractivity contribution in [2.24, 2.45) is 0 Å². The molecule has 16 heavy (non-hydrogen) atoms. The van der Waals surface area contributed by atoms with Gasteiger partial charge in [0.2, 0.25) is 5.88 Å². The number of nitrogens with zero attached hydrogens (tertiary/aromatic N) is 1. The van der Waals surface area contributed by atoms with E-state index in [1.165, 1.54) is 18.2 Å². The molecule has 1 aliphatic heterocycles. The fraction of sp³-hybridized carbons (Fsp3) is 0. The van der Waals surface area contributed by atoms with Crippen LogP contribution < -0.4 is 20.5 Å². The van der Waals surface area contributed by atoms with Crippen molar-refractivity contribution in [1.82, 2.24) is 4.72 Å². The Morgan fingerprint density at radius 1 is 1.31 bits per heavy atom. The van der Waals surface area contributed by atoms with Gasteiger partial charge in [-0.05, 0) is 18.2 Å². The van der Waals surface area contributed by atoms with Gasteiger partial charge in [0.25, 0.3) is 0 Å². The standard InChI is InChI=1S/C8H10N4O3S/c9-5-1-2-7(6(10)3-5)12-4-8(13)11-16(12,14)15/h1-4,11,13H,9-10H2. The highest BCUT2D eigenvalue weighted by Gasteiger charge is 2.29. The zero-order chi connectivity index (χ0) is 11.9. The largest absolute Gasteiger partial charge is 0.493 e. The summed E-state index contributed by atoms with van der Waals surface area (Å²) in [7, 11) is -3.80. The molecule has 0 saturated carbocycles. The molecule has 0 aliphatic carbocycles. The predicted molar refractivity (Wildman–Crippen MR) is 60.5 cm³/mol. The van der Waals surface area contributed by atoms with Gasteiger partial charge in [0.15, 0.2) is 0 Å². The van der Waals surface area contributed by atoms with E-state index in [0.29, 0.717) is 5.69 Å². The van der Waals surface area contributed by atoms with Crippen molar-refractivity contribution in [2.45, 2.75) is 0 Å². The third-order valence-corrected chi connectivity index (χ3v) is 3.31. The highest BCUT2D eigenvalue weighted by Crippen LogP contribution is 2.29. The van der Waals surface area contributed by atoms with E-state index in [9.17, 15) is 8.42 Å². The fourth-order valence-electron chi connectivity index (χ4n) is 1.36. The molecule has 1 aromatic rings. The van der Waals surface area contributed by atoms with E-state index in [4.69, 9.17) is 16.6 Å². The van der Waals surface area contributed by atoms with Gasteiger partial charge in [0.1, 0.15) is 0 Å². The van der Waals surface area contributed by atoms with E-state index in [2.05, 4.69) is 0 Å². The van der Waals surface area contributed by atoms with E-state index in [-0.39, 0.29) is 11.4 Å². The number of hydrogen-bond donors (Lipinski definition) is 4. The minimum Gasteiger partial charge on any atom is -0.493 e. The summed E-state index contributed by atoms with van der Waals surface area (Å²) in [5.41, 5.74) is 12.0. The van der Waals surface area contributed by atoms with Crippen LogP contribution in [0.4, 0.5) is 17.1 Å². The lowest BCUT2D eigenvalue weighted by Crippen LogP contribution is -2.30. The minimum atomic E-state index is -3.80. The van der Waals surface area contributed by atoms with Crippen molar-refractivity contribution >= 4 is 27.3 Å². The topological polar surface area (TPSA) is 122 Å². The summed E-state index contributed by atoms with van der Waals surface area (Å²) in [6, 6.07) is 4.41. The number of nitrogens with one attached hydrogen (secondary N) is 1. The average Bonchev–Trinajstić information content (AvgIpc) is 2.39. The number of aliphatic hydroxyl groups is 1. The second-order valence-corrected chi connectivity index (χ2v) is 4.78. The predicted octanol–water partition coefficient (Wildman–Crippen LogP) is -0.138. The molecule has 86 valence electrons. The average molecular weight is 242 g/mol. The maximum atomic E-state index is 11.5. The lowest BCUT2D eigenvalue weighted by atomic mass is 10.2. The van der Waals surface area contributed by atoms with Crippen LogP contribution in [0.15, 0.2) is 30.3 Å². The van der Waals surface area contributed by atoms with Crippen LogP contribution in [0, 0.1) is 0 Å². The Labute approximate surface area is 92.1 Å². The lowest BCUT2D eigenvalue weighted by molar-refractivity contribution is 0.392. The van der Waals surface area contributed by atoms with Crippen LogP contribution in [0.25, 0.3) is 0 Å². The Kier molecular flexibility index (Phi) is 2.09. The Morgan fingerprint density at radius 2 is 2.00 bits per heavy atom. The van der Waals surface area contributed by atoms with Crippen molar-refractivity contribution in [3.63, 3.8) is 0 Å². The quantitative estimate of drug-likeness (QED) is 0.511. The highest BCUT2D eigenvalue weighted by molar-refractivity contribution is 7.91. The maximum Gasteiger partial charge on any atom is 0.330 e. The molecule has 7 nitrogen and oxygen atoms in total. The van der Waals surface area contributed by atoms with Crippen LogP contribution >= 0.6 is 0 Å². The maximum absolute atomic E-state index is 11.5. The van der Waals surface area contributed by atoms with Crippen molar-refractivity contribution in [3.8, 4) is 0 Å². The summed E-state index contributed by atoms with van der Waals surface area (Å²) >= 11 is 0. The van der Waals surface area contributed by atoms with Gasteiger partial charge in [0, 0.05) is 5.69 Å². The molecule has 6 N–H and O–H groups in total. The summed E-state index contributed by atoms with van der Waals surface area (Å²) in [5.74, 6) is -0.462. The molecule has 1 heterocycles. The molecule has 0 saturated heterocycles. The smallest absolute Gasteiger partial charge is 0.330 e. The van der Waals surface area contributed by atoms with Gasteiger partial charge in [-0.1, -0.05) is 0 Å². The summed E-state index contributed by atoms with van der Waals surface area (Å²) in [6.07, 6.45) is 1.03. The van der Waals surface area contributed by atoms with Gasteiger partial charge >= 0.3 is 10.2 Å². The van der Waals surface area contributed by atoms with Crippen LogP contribution in [-0.2, 0) is 10.2 Å². The highest BCUT2D eigenvalue weighted by atomic mass is 32.2. The molecule has 0 radical (unpaired) electrons. The van der Waals surface area contributed by atoms with Gasteiger partial charge in [0.05, 0.1) is 17.6 Å². The second-order valence-electron chi connectivity index (χ2n) is 3.24. The van der Waals surface area contributed by atoms with Crippen LogP contribution in [0.5, 0.6) is 0 Å². The van der Waals surface area contributed by atoms with Gasteiger partial charge in [-0.15, -0.1) is 0 Å². The SMILES string of the molecule is Nc1ccc(N2C=C(O)NS2(=O)=O)c(N)c1. The van der Waals surface area contributed by atoms with Crippen molar-refractivity contribution < 1.29 is 13.5 Å². The number of aliphatic hydroxyl groups excluding tert-OH is 1. The third-order valence-electron chi connectivity index (χ3n) is 2.02. The molecular formula is C8H10N4O3S. The lowest BCUT2D eigenvalue weighted by Gasteiger charge is -2.16. The van der Waals surface area contributed by atoms with Gasteiger partial charge in [-0.2, -0.15) is 8.42 Å². The van der Waals surface area contributed by atoms with Crippen molar-refractivity contribution in [1.29, 1.82) is 0 Å². The molecule has 0 spiro atoms. The Morgan fingerprint density at radius 3 is 2.50 bits per heavy atom. The van der Waals surface area contributed by atoms with E-state index >= 15 is 0 Å². The summed E-state index contributed by atoms with van der Waals surface area (Å²) in [5, 5.41) is 9.11. The van der Waals surface area contributed by atoms with E-state index in [1.807, 2.05) is 4.72 Å². The second kappa shape index (κ2) is 3.20. The minimum absolute atomic E-state index is 0.205. The number of rotatable bonds is 1. The number of anilines is 3. The first-order valence-electron chi connectivity index (χ1n) is 4.28. The number of benzene rings is 1. The molecule has 0 aromatic heterocycles. The van der Waals surface area contributed by atoms with Crippen LogP contribution in [-0.4, -0.2) is 13.5 Å². The molecule has 1 aromatic carbocycles. The first-order valence-corrected chi connectivity index (χ1v) is 5.72. The Hall–Kier alpha value is -2.09. The van der Waals surface area contributed by atoms with Gasteiger partial charge < -0.3 is 16.6 Å². The normalized spacial score (nSPS) is 18.0. The molecule has 1 aliphatic rings. The van der Waals surface area contributed by atoms with E-state index < -0.39 is 16.1 Å². The van der Waals surface area contributed by atoms with Crippen LogP contribution in [0.2, 0.25) is 0 Å². The first-order chi connectivity index (χ1) is 7.40. The van der Waals surface area contributed by atoms with Gasteiger partial charge in [-0.25, -0.2) is 9.03 Å². The summed E-state index contributed by atoms with van der Waals surface area (Å²) in [6.45, 7) is 0. The van der Waals surface area contributed by atoms with Crippen LogP contribution in [0.1, 0.15) is 0 Å². The van der Waals surface area contributed by atoms with Crippen molar-refractivity contribution in [2.75, 3.05) is 15.8 Å². The molecule has 0 bridgehead atoms. The Balaban J connectivity index is 2.53. The van der Waals surface area contributed by atoms with E-state index in [1.54, 1.807) is 0 Å². The molecule has 0 fully saturated rings. The van der Waals surface area contributed by atoms with Crippen molar-refractivity contribution in [3.05, 3.63) is 30.3 Å². The molecule has 8 heteroatoms. The van der Waals surface area contributed by atoms with E-state index in [0.717, 1.165) is 10.5 Å².